The Morgan fingerprint density at radius 1 is 1.22 bits per heavy atom. The van der Waals surface area contributed by atoms with E-state index in [4.69, 9.17) is 0 Å². The molecule has 2 heterocycles. The smallest absolute Gasteiger partial charge is 0.406 e. The number of benzene rings is 1. The van der Waals surface area contributed by atoms with Crippen LogP contribution in [0.4, 0.5) is 13.2 Å². The predicted molar refractivity (Wildman–Crippen MR) is 75.8 cm³/mol. The van der Waals surface area contributed by atoms with Gasteiger partial charge in [-0.3, -0.25) is 9.78 Å². The summed E-state index contributed by atoms with van der Waals surface area (Å²) < 4.78 is 40.7. The molecule has 0 radical (unpaired) electrons. The van der Waals surface area contributed by atoms with Crippen molar-refractivity contribution in [3.8, 4) is 5.75 Å². The van der Waals surface area contributed by atoms with Crippen molar-refractivity contribution in [2.45, 2.75) is 19.3 Å². The van der Waals surface area contributed by atoms with Gasteiger partial charge in [-0.2, -0.15) is 0 Å². The van der Waals surface area contributed by atoms with Crippen molar-refractivity contribution < 1.29 is 22.7 Å². The van der Waals surface area contributed by atoms with Crippen molar-refractivity contribution in [3.05, 3.63) is 59.4 Å². The molecule has 0 unspecified atom stereocenters. The van der Waals surface area contributed by atoms with Crippen LogP contribution in [0.5, 0.6) is 5.75 Å². The summed E-state index contributed by atoms with van der Waals surface area (Å²) in [4.78, 5) is 18.2. The Morgan fingerprint density at radius 2 is 2.04 bits per heavy atom. The highest BCUT2D eigenvalue weighted by Gasteiger charge is 2.31. The quantitative estimate of drug-likeness (QED) is 0.872. The highest BCUT2D eigenvalue weighted by Crippen LogP contribution is 2.25. The topological polar surface area (TPSA) is 42.4 Å². The lowest BCUT2D eigenvalue weighted by molar-refractivity contribution is -0.274. The Hall–Kier alpha value is -2.57. The predicted octanol–water partition coefficient (Wildman–Crippen LogP) is 3.18. The SMILES string of the molecule is O=C1c2cccnc2CCN1Cc1cccc(OC(F)(F)F)c1. The average Bonchev–Trinajstić information content (AvgIpc) is 2.49. The number of rotatable bonds is 3. The maximum absolute atomic E-state index is 12.4. The maximum Gasteiger partial charge on any atom is 0.573 e. The third kappa shape index (κ3) is 3.61. The summed E-state index contributed by atoms with van der Waals surface area (Å²) in [6.07, 6.45) is -2.47. The molecular formula is C16H13F3N2O2. The third-order valence-corrected chi connectivity index (χ3v) is 3.53. The van der Waals surface area contributed by atoms with Gasteiger partial charge in [0.25, 0.3) is 5.91 Å². The van der Waals surface area contributed by atoms with Gasteiger partial charge >= 0.3 is 6.36 Å². The van der Waals surface area contributed by atoms with E-state index in [1.807, 2.05) is 0 Å². The van der Waals surface area contributed by atoms with Crippen molar-refractivity contribution >= 4 is 5.91 Å². The van der Waals surface area contributed by atoms with Gasteiger partial charge in [-0.1, -0.05) is 12.1 Å². The second-order valence-corrected chi connectivity index (χ2v) is 5.17. The standard InChI is InChI=1S/C16H13F3N2O2/c17-16(18,19)23-12-4-1-3-11(9-12)10-21-8-6-14-13(15(21)22)5-2-7-20-14/h1-5,7,9H,6,8,10H2. The first kappa shape index (κ1) is 15.3. The molecule has 1 aromatic heterocycles. The molecule has 1 aliphatic heterocycles. The normalized spacial score (nSPS) is 14.6. The second kappa shape index (κ2) is 5.91. The van der Waals surface area contributed by atoms with Gasteiger partial charge in [-0.15, -0.1) is 13.2 Å². The molecule has 0 N–H and O–H groups in total. The highest BCUT2D eigenvalue weighted by molar-refractivity contribution is 5.96. The zero-order chi connectivity index (χ0) is 16.4. The van der Waals surface area contributed by atoms with Gasteiger partial charge < -0.3 is 9.64 Å². The molecule has 0 saturated carbocycles. The number of aromatic nitrogens is 1. The number of carbonyl (C=O) groups excluding carboxylic acids is 1. The summed E-state index contributed by atoms with van der Waals surface area (Å²) in [6, 6.07) is 9.06. The molecule has 0 spiro atoms. The maximum atomic E-state index is 12.4. The van der Waals surface area contributed by atoms with Crippen LogP contribution in [-0.4, -0.2) is 28.7 Å². The van der Waals surface area contributed by atoms with E-state index in [1.54, 1.807) is 29.3 Å². The molecule has 0 bridgehead atoms. The summed E-state index contributed by atoms with van der Waals surface area (Å²) in [5.74, 6) is -0.456. The van der Waals surface area contributed by atoms with Crippen LogP contribution in [-0.2, 0) is 13.0 Å². The average molecular weight is 322 g/mol. The minimum Gasteiger partial charge on any atom is -0.406 e. The van der Waals surface area contributed by atoms with Gasteiger partial charge in [-0.25, -0.2) is 0 Å². The molecular weight excluding hydrogens is 309 g/mol. The number of fused-ring (bicyclic) bond motifs is 1. The van der Waals surface area contributed by atoms with E-state index >= 15 is 0 Å². The van der Waals surface area contributed by atoms with Gasteiger partial charge in [0.2, 0.25) is 0 Å². The van der Waals surface area contributed by atoms with Gasteiger partial charge in [0.1, 0.15) is 5.75 Å². The molecule has 0 fully saturated rings. The lowest BCUT2D eigenvalue weighted by Crippen LogP contribution is -2.37. The number of hydrogen-bond donors (Lipinski definition) is 0. The van der Waals surface area contributed by atoms with Crippen LogP contribution in [0.1, 0.15) is 21.6 Å². The van der Waals surface area contributed by atoms with Crippen molar-refractivity contribution in [1.29, 1.82) is 0 Å². The molecule has 1 aromatic carbocycles. The van der Waals surface area contributed by atoms with Crippen LogP contribution in [0, 0.1) is 0 Å². The van der Waals surface area contributed by atoms with Crippen molar-refractivity contribution in [2.24, 2.45) is 0 Å². The summed E-state index contributed by atoms with van der Waals surface area (Å²) in [7, 11) is 0. The number of nitrogens with zero attached hydrogens (tertiary/aromatic N) is 2. The number of alkyl halides is 3. The molecule has 0 saturated heterocycles. The fourth-order valence-corrected chi connectivity index (χ4v) is 2.56. The monoisotopic (exact) mass is 322 g/mol. The second-order valence-electron chi connectivity index (χ2n) is 5.17. The summed E-state index contributed by atoms with van der Waals surface area (Å²) in [6.45, 7) is 0.704. The van der Waals surface area contributed by atoms with Crippen LogP contribution in [0.3, 0.4) is 0 Å². The van der Waals surface area contributed by atoms with Crippen LogP contribution in [0.2, 0.25) is 0 Å². The number of ether oxygens (including phenoxy) is 1. The van der Waals surface area contributed by atoms with E-state index in [2.05, 4.69) is 9.72 Å². The van der Waals surface area contributed by atoms with Gasteiger partial charge in [-0.05, 0) is 29.8 Å². The van der Waals surface area contributed by atoms with Gasteiger partial charge in [0.15, 0.2) is 0 Å². The Kier molecular flexibility index (Phi) is 3.94. The Balaban J connectivity index is 1.76. The van der Waals surface area contributed by atoms with Crippen molar-refractivity contribution in [1.82, 2.24) is 9.88 Å². The molecule has 4 nitrogen and oxygen atoms in total. The zero-order valence-corrected chi connectivity index (χ0v) is 12.0. The number of halogens is 3. The van der Waals surface area contributed by atoms with Crippen molar-refractivity contribution in [3.63, 3.8) is 0 Å². The first-order valence-electron chi connectivity index (χ1n) is 7.00. The van der Waals surface area contributed by atoms with E-state index in [1.165, 1.54) is 18.2 Å². The number of pyridine rings is 1. The van der Waals surface area contributed by atoms with Crippen molar-refractivity contribution in [2.75, 3.05) is 6.54 Å². The molecule has 1 amide bonds. The van der Waals surface area contributed by atoms with Crippen LogP contribution < -0.4 is 4.74 Å². The zero-order valence-electron chi connectivity index (χ0n) is 12.0. The summed E-state index contributed by atoms with van der Waals surface area (Å²) in [5.41, 5.74) is 1.87. The first-order chi connectivity index (χ1) is 10.9. The highest BCUT2D eigenvalue weighted by atomic mass is 19.4. The lowest BCUT2D eigenvalue weighted by Gasteiger charge is -2.28. The van der Waals surface area contributed by atoms with Crippen LogP contribution in [0.15, 0.2) is 42.6 Å². The molecule has 0 aliphatic carbocycles. The van der Waals surface area contributed by atoms with Crippen LogP contribution in [0.25, 0.3) is 0 Å². The van der Waals surface area contributed by atoms with E-state index in [0.29, 0.717) is 24.1 Å². The van der Waals surface area contributed by atoms with E-state index < -0.39 is 6.36 Å². The minimum atomic E-state index is -4.73. The fourth-order valence-electron chi connectivity index (χ4n) is 2.56. The van der Waals surface area contributed by atoms with E-state index in [-0.39, 0.29) is 18.2 Å². The largest absolute Gasteiger partial charge is 0.573 e. The molecule has 120 valence electrons. The summed E-state index contributed by atoms with van der Waals surface area (Å²) >= 11 is 0. The first-order valence-corrected chi connectivity index (χ1v) is 7.00. The molecule has 0 atom stereocenters. The molecule has 1 aliphatic rings. The van der Waals surface area contributed by atoms with Gasteiger partial charge in [0, 0.05) is 25.7 Å². The summed E-state index contributed by atoms with van der Waals surface area (Å²) in [5, 5.41) is 0. The lowest BCUT2D eigenvalue weighted by atomic mass is 10.0. The number of hydrogen-bond acceptors (Lipinski definition) is 3. The number of amides is 1. The Labute approximate surface area is 130 Å². The van der Waals surface area contributed by atoms with Gasteiger partial charge in [0.05, 0.1) is 11.3 Å². The minimum absolute atomic E-state index is 0.165. The molecule has 2 aromatic rings. The Bertz CT molecular complexity index is 731. The van der Waals surface area contributed by atoms with E-state index in [0.717, 1.165) is 5.69 Å². The Morgan fingerprint density at radius 3 is 2.83 bits per heavy atom. The van der Waals surface area contributed by atoms with E-state index in [9.17, 15) is 18.0 Å². The molecule has 23 heavy (non-hydrogen) atoms. The molecule has 7 heteroatoms. The number of carbonyl (C=O) groups is 1. The van der Waals surface area contributed by atoms with Crippen LogP contribution >= 0.6 is 0 Å². The fraction of sp³-hybridized carbons (Fsp3) is 0.250. The third-order valence-electron chi connectivity index (χ3n) is 3.53. The molecule has 3 rings (SSSR count).